The predicted molar refractivity (Wildman–Crippen MR) is 85.8 cm³/mol. The van der Waals surface area contributed by atoms with Gasteiger partial charge < -0.3 is 19.7 Å². The Morgan fingerprint density at radius 3 is 2.67 bits per heavy atom. The van der Waals surface area contributed by atoms with Gasteiger partial charge in [0.05, 0.1) is 6.54 Å². The fourth-order valence-corrected chi connectivity index (χ4v) is 2.22. The Morgan fingerprint density at radius 1 is 1.17 bits per heavy atom. The monoisotopic (exact) mass is 327 g/mol. The van der Waals surface area contributed by atoms with Crippen molar-refractivity contribution in [2.24, 2.45) is 0 Å². The molecule has 1 fully saturated rings. The van der Waals surface area contributed by atoms with Crippen LogP contribution in [0.15, 0.2) is 48.7 Å². The molecule has 1 N–H and O–H groups in total. The van der Waals surface area contributed by atoms with Crippen LogP contribution in [-0.4, -0.2) is 47.9 Å². The number of hydrogen-bond acceptors (Lipinski definition) is 5. The minimum Gasteiger partial charge on any atom is -0.484 e. The summed E-state index contributed by atoms with van der Waals surface area (Å²) in [4.78, 5) is 28.8. The standard InChI is InChI=1S/C17H17N3O4/c21-15-11-20(10-9-18-15)17(22)12-23-13-4-6-14(7-5-13)24-16-3-1-2-8-19-16/h1-8H,9-12H2,(H,18,21). The summed E-state index contributed by atoms with van der Waals surface area (Å²) in [6, 6.07) is 12.3. The van der Waals surface area contributed by atoms with Gasteiger partial charge in [0.25, 0.3) is 5.91 Å². The third kappa shape index (κ3) is 4.22. The van der Waals surface area contributed by atoms with Crippen molar-refractivity contribution in [2.45, 2.75) is 0 Å². The molecule has 7 heteroatoms. The molecule has 1 aliphatic rings. The minimum atomic E-state index is -0.210. The van der Waals surface area contributed by atoms with Gasteiger partial charge in [-0.05, 0) is 30.3 Å². The molecule has 2 heterocycles. The highest BCUT2D eigenvalue weighted by atomic mass is 16.5. The first-order chi connectivity index (χ1) is 11.7. The normalized spacial score (nSPS) is 14.0. The molecule has 2 amide bonds. The number of carbonyl (C=O) groups excluding carboxylic acids is 2. The number of ether oxygens (including phenoxy) is 2. The summed E-state index contributed by atoms with van der Waals surface area (Å²) in [6.07, 6.45) is 1.65. The summed E-state index contributed by atoms with van der Waals surface area (Å²) in [6.45, 7) is 0.960. The molecule has 0 radical (unpaired) electrons. The van der Waals surface area contributed by atoms with Gasteiger partial charge in [0, 0.05) is 25.4 Å². The lowest BCUT2D eigenvalue weighted by Crippen LogP contribution is -2.51. The lowest BCUT2D eigenvalue weighted by molar-refractivity contribution is -0.139. The van der Waals surface area contributed by atoms with E-state index in [2.05, 4.69) is 10.3 Å². The zero-order valence-electron chi connectivity index (χ0n) is 13.0. The second-order valence-electron chi connectivity index (χ2n) is 5.20. The van der Waals surface area contributed by atoms with Gasteiger partial charge in [0.15, 0.2) is 6.61 Å². The summed E-state index contributed by atoms with van der Waals surface area (Å²) in [7, 11) is 0. The van der Waals surface area contributed by atoms with Crippen molar-refractivity contribution >= 4 is 11.8 Å². The molecule has 0 unspecified atom stereocenters. The van der Waals surface area contributed by atoms with Crippen LogP contribution in [0.5, 0.6) is 17.4 Å². The third-order valence-corrected chi connectivity index (χ3v) is 3.44. The van der Waals surface area contributed by atoms with Gasteiger partial charge in [0.1, 0.15) is 11.5 Å². The number of benzene rings is 1. The molecule has 124 valence electrons. The van der Waals surface area contributed by atoms with Gasteiger partial charge in [-0.3, -0.25) is 9.59 Å². The maximum Gasteiger partial charge on any atom is 0.261 e. The maximum absolute atomic E-state index is 12.0. The SMILES string of the molecule is O=C1CN(C(=O)COc2ccc(Oc3ccccn3)cc2)CCN1. The molecule has 1 aliphatic heterocycles. The van der Waals surface area contributed by atoms with Crippen molar-refractivity contribution < 1.29 is 19.1 Å². The van der Waals surface area contributed by atoms with Crippen molar-refractivity contribution in [2.75, 3.05) is 26.2 Å². The van der Waals surface area contributed by atoms with E-state index in [1.807, 2.05) is 12.1 Å². The zero-order valence-corrected chi connectivity index (χ0v) is 13.0. The van der Waals surface area contributed by atoms with Crippen LogP contribution in [0.1, 0.15) is 0 Å². The second kappa shape index (κ2) is 7.45. The molecule has 7 nitrogen and oxygen atoms in total. The van der Waals surface area contributed by atoms with E-state index in [0.717, 1.165) is 0 Å². The van der Waals surface area contributed by atoms with Gasteiger partial charge in [-0.15, -0.1) is 0 Å². The van der Waals surface area contributed by atoms with Crippen LogP contribution < -0.4 is 14.8 Å². The minimum absolute atomic E-state index is 0.0824. The van der Waals surface area contributed by atoms with Crippen LogP contribution in [0.25, 0.3) is 0 Å². The molecular formula is C17H17N3O4. The molecule has 3 rings (SSSR count). The number of nitrogens with one attached hydrogen (secondary N) is 1. The van der Waals surface area contributed by atoms with Crippen LogP contribution in [-0.2, 0) is 9.59 Å². The Morgan fingerprint density at radius 2 is 1.96 bits per heavy atom. The first kappa shape index (κ1) is 15.8. The fourth-order valence-electron chi connectivity index (χ4n) is 2.22. The molecule has 1 aromatic carbocycles. The molecule has 24 heavy (non-hydrogen) atoms. The molecule has 0 saturated carbocycles. The Hall–Kier alpha value is -3.09. The largest absolute Gasteiger partial charge is 0.484 e. The first-order valence-corrected chi connectivity index (χ1v) is 7.57. The van der Waals surface area contributed by atoms with Crippen molar-refractivity contribution in [3.8, 4) is 17.4 Å². The quantitative estimate of drug-likeness (QED) is 0.893. The first-order valence-electron chi connectivity index (χ1n) is 7.57. The van der Waals surface area contributed by atoms with Crippen LogP contribution in [0.2, 0.25) is 0 Å². The number of carbonyl (C=O) groups is 2. The van der Waals surface area contributed by atoms with E-state index in [-0.39, 0.29) is 25.0 Å². The molecule has 0 aliphatic carbocycles. The highest BCUT2D eigenvalue weighted by molar-refractivity contribution is 5.86. The van der Waals surface area contributed by atoms with E-state index >= 15 is 0 Å². The highest BCUT2D eigenvalue weighted by Crippen LogP contribution is 2.22. The summed E-state index contributed by atoms with van der Waals surface area (Å²) in [5.74, 6) is 1.33. The van der Waals surface area contributed by atoms with Gasteiger partial charge in [-0.1, -0.05) is 6.07 Å². The van der Waals surface area contributed by atoms with Crippen LogP contribution in [0, 0.1) is 0 Å². The lowest BCUT2D eigenvalue weighted by Gasteiger charge is -2.26. The van der Waals surface area contributed by atoms with Crippen molar-refractivity contribution in [3.63, 3.8) is 0 Å². The number of rotatable bonds is 5. The Kier molecular flexibility index (Phi) is 4.90. The topological polar surface area (TPSA) is 80.8 Å². The summed E-state index contributed by atoms with van der Waals surface area (Å²) < 4.78 is 11.0. The molecular weight excluding hydrogens is 310 g/mol. The number of amides is 2. The van der Waals surface area contributed by atoms with Gasteiger partial charge in [-0.2, -0.15) is 0 Å². The van der Waals surface area contributed by atoms with Gasteiger partial charge >= 0.3 is 0 Å². The molecule has 1 saturated heterocycles. The van der Waals surface area contributed by atoms with E-state index in [1.165, 1.54) is 4.90 Å². The van der Waals surface area contributed by atoms with E-state index in [0.29, 0.717) is 30.5 Å². The average molecular weight is 327 g/mol. The van der Waals surface area contributed by atoms with Crippen LogP contribution >= 0.6 is 0 Å². The second-order valence-corrected chi connectivity index (χ2v) is 5.20. The van der Waals surface area contributed by atoms with Gasteiger partial charge in [0.2, 0.25) is 11.8 Å². The number of aromatic nitrogens is 1. The Balaban J connectivity index is 1.51. The molecule has 2 aromatic rings. The smallest absolute Gasteiger partial charge is 0.261 e. The lowest BCUT2D eigenvalue weighted by atomic mass is 10.3. The van der Waals surface area contributed by atoms with Crippen molar-refractivity contribution in [1.29, 1.82) is 0 Å². The van der Waals surface area contributed by atoms with Crippen molar-refractivity contribution in [3.05, 3.63) is 48.7 Å². The van der Waals surface area contributed by atoms with Gasteiger partial charge in [-0.25, -0.2) is 4.98 Å². The molecule has 0 atom stereocenters. The number of piperazine rings is 1. The maximum atomic E-state index is 12.0. The molecule has 1 aromatic heterocycles. The van der Waals surface area contributed by atoms with Crippen molar-refractivity contribution in [1.82, 2.24) is 15.2 Å². The van der Waals surface area contributed by atoms with E-state index in [9.17, 15) is 9.59 Å². The average Bonchev–Trinajstić information content (AvgIpc) is 2.62. The third-order valence-electron chi connectivity index (χ3n) is 3.44. The number of nitrogens with zero attached hydrogens (tertiary/aromatic N) is 2. The summed E-state index contributed by atoms with van der Waals surface area (Å²) in [5.41, 5.74) is 0. The van der Waals surface area contributed by atoms with E-state index < -0.39 is 0 Å². The van der Waals surface area contributed by atoms with Crippen LogP contribution in [0.4, 0.5) is 0 Å². The number of pyridine rings is 1. The molecule has 0 spiro atoms. The predicted octanol–water partition coefficient (Wildman–Crippen LogP) is 1.21. The van der Waals surface area contributed by atoms with Crippen LogP contribution in [0.3, 0.4) is 0 Å². The molecule has 0 bridgehead atoms. The Bertz CT molecular complexity index is 704. The van der Waals surface area contributed by atoms with E-state index in [1.54, 1.807) is 36.5 Å². The highest BCUT2D eigenvalue weighted by Gasteiger charge is 2.21. The number of hydrogen-bond donors (Lipinski definition) is 1. The summed E-state index contributed by atoms with van der Waals surface area (Å²) in [5, 5.41) is 2.67. The summed E-state index contributed by atoms with van der Waals surface area (Å²) >= 11 is 0. The van der Waals surface area contributed by atoms with E-state index in [4.69, 9.17) is 9.47 Å². The zero-order chi connectivity index (χ0) is 16.8. The fraction of sp³-hybridized carbons (Fsp3) is 0.235. The Labute approximate surface area is 139 Å².